The van der Waals surface area contributed by atoms with E-state index in [0.717, 1.165) is 0 Å². The maximum Gasteiger partial charge on any atom is 0.330 e. The van der Waals surface area contributed by atoms with Crippen LogP contribution in [0.3, 0.4) is 0 Å². The second-order valence-electron chi connectivity index (χ2n) is 1.31. The summed E-state index contributed by atoms with van der Waals surface area (Å²) in [7, 11) is -1.16. The van der Waals surface area contributed by atoms with E-state index in [4.69, 9.17) is 0 Å². The van der Waals surface area contributed by atoms with Crippen LogP contribution in [0.2, 0.25) is 0 Å². The van der Waals surface area contributed by atoms with Crippen LogP contribution in [0.4, 0.5) is 17.6 Å². The first kappa shape index (κ1) is 9.78. The minimum atomic E-state index is -3.46. The topological polar surface area (TPSA) is 26.3 Å². The Labute approximate surface area is 55.5 Å². The number of hydrogen-bond donors (Lipinski definition) is 0. The van der Waals surface area contributed by atoms with Crippen molar-refractivity contribution in [3.8, 4) is 0 Å². The molecule has 10 heavy (non-hydrogen) atoms. The van der Waals surface area contributed by atoms with Gasteiger partial charge in [-0.15, -0.1) is 0 Å². The monoisotopic (exact) mass is 178 g/mol. The summed E-state index contributed by atoms with van der Waals surface area (Å²) in [4.78, 5) is 0. The normalized spacial score (nSPS) is 17.7. The molecule has 0 fully saturated rings. The predicted molar refractivity (Wildman–Crippen MR) is 24.5 cm³/mol. The smallest absolute Gasteiger partial charge is 0.255 e. The summed E-state index contributed by atoms with van der Waals surface area (Å²) in [5.41, 5.74) is 0. The average Bonchev–Trinajstić information content (AvgIpc) is 1.87. The summed E-state index contributed by atoms with van der Waals surface area (Å²) < 4.78 is 58.6. The summed E-state index contributed by atoms with van der Waals surface area (Å²) in [5, 5.41) is 0. The van der Waals surface area contributed by atoms with Crippen molar-refractivity contribution >= 4 is 8.69 Å². The van der Waals surface area contributed by atoms with Crippen LogP contribution in [0.5, 0.6) is 0 Å². The zero-order chi connectivity index (χ0) is 8.15. The molecule has 0 aromatic carbocycles. The lowest BCUT2D eigenvalue weighted by atomic mass is 10.4. The summed E-state index contributed by atoms with van der Waals surface area (Å²) >= 11 is 0. The van der Waals surface area contributed by atoms with Gasteiger partial charge in [0.2, 0.25) is 12.5 Å². The molecule has 0 heterocycles. The molecule has 0 aliphatic carbocycles. The van der Waals surface area contributed by atoms with E-state index in [9.17, 15) is 22.1 Å². The molecule has 0 bridgehead atoms. The van der Waals surface area contributed by atoms with Crippen LogP contribution in [0, 0.1) is 0 Å². The molecule has 0 spiro atoms. The quantitative estimate of drug-likeness (QED) is 0.486. The van der Waals surface area contributed by atoms with Gasteiger partial charge in [-0.3, -0.25) is 4.52 Å². The Morgan fingerprint density at radius 2 is 1.70 bits per heavy atom. The van der Waals surface area contributed by atoms with Crippen LogP contribution in [0.25, 0.3) is 0 Å². The van der Waals surface area contributed by atoms with E-state index < -0.39 is 27.6 Å². The third-order valence-electron chi connectivity index (χ3n) is 0.635. The van der Waals surface area contributed by atoms with Crippen molar-refractivity contribution in [1.29, 1.82) is 0 Å². The predicted octanol–water partition coefficient (Wildman–Crippen LogP) is 2.11. The Hall–Kier alpha value is -0.220. The van der Waals surface area contributed by atoms with Gasteiger partial charge in [0, 0.05) is 0 Å². The molecule has 7 heteroatoms. The molecule has 0 amide bonds. The van der Waals surface area contributed by atoms with E-state index >= 15 is 0 Å². The van der Waals surface area contributed by atoms with Gasteiger partial charge in [-0.05, 0) is 0 Å². The molecule has 0 radical (unpaired) electrons. The van der Waals surface area contributed by atoms with Crippen LogP contribution in [-0.4, -0.2) is 19.0 Å². The molecular formula is C3H3F4O2P. The molecule has 0 saturated carbocycles. The van der Waals surface area contributed by atoms with Crippen molar-refractivity contribution in [1.82, 2.24) is 0 Å². The average molecular weight is 178 g/mol. The number of hydrogen-bond acceptors (Lipinski definition) is 2. The van der Waals surface area contributed by atoms with E-state index in [0.29, 0.717) is 0 Å². The summed E-state index contributed by atoms with van der Waals surface area (Å²) in [6.07, 6.45) is -9.34. The van der Waals surface area contributed by atoms with Gasteiger partial charge in [-0.2, -0.15) is 0 Å². The van der Waals surface area contributed by atoms with Crippen molar-refractivity contribution in [3.05, 3.63) is 0 Å². The van der Waals surface area contributed by atoms with Crippen LogP contribution in [0.1, 0.15) is 0 Å². The van der Waals surface area contributed by atoms with Crippen LogP contribution in [-0.2, 0) is 9.09 Å². The first-order chi connectivity index (χ1) is 4.59. The zero-order valence-corrected chi connectivity index (χ0v) is 5.40. The molecule has 2 nitrogen and oxygen atoms in total. The van der Waals surface area contributed by atoms with Gasteiger partial charge in [0.25, 0.3) is 6.43 Å². The molecule has 2 atom stereocenters. The SMILES string of the molecule is O=POC(F)C(F)C(F)F. The minimum Gasteiger partial charge on any atom is -0.255 e. The Balaban J connectivity index is 3.68. The molecule has 0 rings (SSSR count). The molecule has 0 aliphatic heterocycles. The fourth-order valence-electron chi connectivity index (χ4n) is 0.214. The molecule has 0 aromatic heterocycles. The summed E-state index contributed by atoms with van der Waals surface area (Å²) in [6.45, 7) is 0. The van der Waals surface area contributed by atoms with Crippen molar-refractivity contribution in [2.45, 2.75) is 19.0 Å². The van der Waals surface area contributed by atoms with Crippen LogP contribution < -0.4 is 0 Å². The molecular weight excluding hydrogens is 175 g/mol. The molecule has 2 unspecified atom stereocenters. The van der Waals surface area contributed by atoms with Crippen LogP contribution in [0.15, 0.2) is 0 Å². The number of alkyl halides is 4. The Morgan fingerprint density at radius 1 is 1.20 bits per heavy atom. The lowest BCUT2D eigenvalue weighted by Gasteiger charge is -2.07. The largest absolute Gasteiger partial charge is 0.330 e. The highest BCUT2D eigenvalue weighted by atomic mass is 31.1. The lowest BCUT2D eigenvalue weighted by Crippen LogP contribution is -2.25. The van der Waals surface area contributed by atoms with Gasteiger partial charge >= 0.3 is 8.69 Å². The number of rotatable bonds is 4. The van der Waals surface area contributed by atoms with E-state index in [2.05, 4.69) is 4.52 Å². The zero-order valence-electron chi connectivity index (χ0n) is 4.51. The first-order valence-electron chi connectivity index (χ1n) is 2.14. The van der Waals surface area contributed by atoms with E-state index in [-0.39, 0.29) is 0 Å². The van der Waals surface area contributed by atoms with Gasteiger partial charge in [0.05, 0.1) is 0 Å². The molecule has 0 saturated heterocycles. The second-order valence-corrected chi connectivity index (χ2v) is 1.67. The molecule has 0 aliphatic rings. The lowest BCUT2D eigenvalue weighted by molar-refractivity contribution is -0.0699. The van der Waals surface area contributed by atoms with Gasteiger partial charge in [-0.1, -0.05) is 0 Å². The Kier molecular flexibility index (Phi) is 4.47. The highest BCUT2D eigenvalue weighted by molar-refractivity contribution is 7.17. The fraction of sp³-hybridized carbons (Fsp3) is 1.00. The maximum atomic E-state index is 11.8. The minimum absolute atomic E-state index is 1.16. The second kappa shape index (κ2) is 4.57. The van der Waals surface area contributed by atoms with Crippen molar-refractivity contribution in [3.63, 3.8) is 0 Å². The van der Waals surface area contributed by atoms with Gasteiger partial charge in [-0.25, -0.2) is 22.1 Å². The van der Waals surface area contributed by atoms with Crippen molar-refractivity contribution < 1.29 is 26.7 Å². The standard InChI is InChI=1S/C3H3F4O2P/c4-1(2(5)6)3(7)9-10-8/h1-3H. The van der Waals surface area contributed by atoms with Crippen molar-refractivity contribution in [2.75, 3.05) is 0 Å². The third-order valence-corrected chi connectivity index (χ3v) is 0.922. The van der Waals surface area contributed by atoms with E-state index in [1.807, 2.05) is 0 Å². The first-order valence-corrected chi connectivity index (χ1v) is 2.87. The highest BCUT2D eigenvalue weighted by Gasteiger charge is 2.30. The van der Waals surface area contributed by atoms with Gasteiger partial charge < -0.3 is 0 Å². The molecule has 60 valence electrons. The number of halogens is 4. The Bertz CT molecular complexity index is 111. The summed E-state index contributed by atoms with van der Waals surface area (Å²) in [5.74, 6) is 0. The Morgan fingerprint density at radius 3 is 2.00 bits per heavy atom. The van der Waals surface area contributed by atoms with Gasteiger partial charge in [0.15, 0.2) is 0 Å². The van der Waals surface area contributed by atoms with Crippen LogP contribution >= 0.6 is 8.69 Å². The highest BCUT2D eigenvalue weighted by Crippen LogP contribution is 2.17. The molecule has 0 N–H and O–H groups in total. The fourth-order valence-corrected chi connectivity index (χ4v) is 0.412. The third kappa shape index (κ3) is 3.08. The maximum absolute atomic E-state index is 11.8. The van der Waals surface area contributed by atoms with Crippen molar-refractivity contribution in [2.24, 2.45) is 0 Å². The molecule has 0 aromatic rings. The summed E-state index contributed by atoms with van der Waals surface area (Å²) in [6, 6.07) is 0. The van der Waals surface area contributed by atoms with Gasteiger partial charge in [0.1, 0.15) is 0 Å². The van der Waals surface area contributed by atoms with E-state index in [1.54, 1.807) is 0 Å². The van der Waals surface area contributed by atoms with E-state index in [1.165, 1.54) is 0 Å².